The molecule has 1 aromatic heterocycles. The fraction of sp³-hybridized carbons (Fsp3) is 0.304. The predicted octanol–water partition coefficient (Wildman–Crippen LogP) is 4.30. The molecule has 5 nitrogen and oxygen atoms in total. The summed E-state index contributed by atoms with van der Waals surface area (Å²) in [6, 6.07) is 16.2. The molecule has 0 spiro atoms. The van der Waals surface area contributed by atoms with Crippen LogP contribution in [-0.4, -0.2) is 36.6 Å². The van der Waals surface area contributed by atoms with Crippen LogP contribution >= 0.6 is 0 Å². The van der Waals surface area contributed by atoms with Gasteiger partial charge in [-0.2, -0.15) is 0 Å². The number of aromatic nitrogens is 1. The smallest absolute Gasteiger partial charge is 0.273 e. The lowest BCUT2D eigenvalue weighted by molar-refractivity contribution is 0.0933. The second-order valence-corrected chi connectivity index (χ2v) is 7.48. The summed E-state index contributed by atoms with van der Waals surface area (Å²) in [4.78, 5) is 14.7. The number of nitrogens with one attached hydrogen (secondary N) is 1. The lowest BCUT2D eigenvalue weighted by atomic mass is 10.0. The molecule has 0 radical (unpaired) electrons. The molecule has 0 saturated carbocycles. The Balaban J connectivity index is 1.69. The topological polar surface area (TPSA) is 58.4 Å². The molecule has 1 amide bonds. The van der Waals surface area contributed by atoms with Gasteiger partial charge in [0.1, 0.15) is 0 Å². The van der Waals surface area contributed by atoms with Gasteiger partial charge in [0.2, 0.25) is 0 Å². The van der Waals surface area contributed by atoms with Gasteiger partial charge in [0, 0.05) is 18.2 Å². The molecule has 3 rings (SSSR count). The second-order valence-electron chi connectivity index (χ2n) is 7.48. The van der Waals surface area contributed by atoms with Gasteiger partial charge in [-0.3, -0.25) is 4.79 Å². The lowest BCUT2D eigenvalue weighted by Gasteiger charge is -2.25. The molecule has 0 aliphatic carbocycles. The maximum absolute atomic E-state index is 12.6. The molecule has 0 fully saturated rings. The Bertz CT molecular complexity index is 958. The normalized spacial score (nSPS) is 12.2. The summed E-state index contributed by atoms with van der Waals surface area (Å²) in [6.45, 7) is 6.66. The van der Waals surface area contributed by atoms with E-state index in [1.165, 1.54) is 16.7 Å². The van der Waals surface area contributed by atoms with Crippen molar-refractivity contribution >= 4 is 5.91 Å². The molecule has 28 heavy (non-hydrogen) atoms. The third-order valence-corrected chi connectivity index (χ3v) is 5.08. The first kappa shape index (κ1) is 19.8. The number of nitrogens with zero attached hydrogens (tertiary/aromatic N) is 2. The van der Waals surface area contributed by atoms with Crippen LogP contribution in [0.25, 0.3) is 11.3 Å². The van der Waals surface area contributed by atoms with E-state index in [0.717, 1.165) is 11.1 Å². The van der Waals surface area contributed by atoms with E-state index in [4.69, 9.17) is 4.52 Å². The zero-order chi connectivity index (χ0) is 20.3. The highest BCUT2D eigenvalue weighted by Gasteiger charge is 2.18. The number of carbonyl (C=O) groups excluding carboxylic acids is 1. The number of hydrogen-bond donors (Lipinski definition) is 1. The molecule has 146 valence electrons. The van der Waals surface area contributed by atoms with Crippen LogP contribution in [0.2, 0.25) is 0 Å². The zero-order valence-corrected chi connectivity index (χ0v) is 17.1. The lowest BCUT2D eigenvalue weighted by Crippen LogP contribution is -2.34. The number of carbonyl (C=O) groups is 1. The van der Waals surface area contributed by atoms with Gasteiger partial charge in [-0.1, -0.05) is 47.1 Å². The zero-order valence-electron chi connectivity index (χ0n) is 17.1. The average molecular weight is 377 g/mol. The quantitative estimate of drug-likeness (QED) is 0.696. The molecule has 1 N–H and O–H groups in total. The molecule has 0 unspecified atom stereocenters. The van der Waals surface area contributed by atoms with E-state index < -0.39 is 0 Å². The molecule has 3 aromatic rings. The summed E-state index contributed by atoms with van der Waals surface area (Å²) in [7, 11) is 4.01. The van der Waals surface area contributed by atoms with Crippen LogP contribution in [0.4, 0.5) is 0 Å². The molecule has 1 heterocycles. The van der Waals surface area contributed by atoms with Crippen molar-refractivity contribution in [1.82, 2.24) is 15.4 Å². The van der Waals surface area contributed by atoms with Crippen molar-refractivity contribution in [2.24, 2.45) is 0 Å². The van der Waals surface area contributed by atoms with Crippen molar-refractivity contribution in [3.8, 4) is 11.3 Å². The fourth-order valence-corrected chi connectivity index (χ4v) is 3.08. The average Bonchev–Trinajstić information content (AvgIpc) is 3.15. The number of aryl methyl sites for hydroxylation is 3. The minimum absolute atomic E-state index is 0.0793. The van der Waals surface area contributed by atoms with Crippen LogP contribution < -0.4 is 5.32 Å². The molecular formula is C23H27N3O2. The SMILES string of the molecule is Cc1ccc([C@H](CNC(=O)c2cc(-c3ccc(C)c(C)c3)on2)N(C)C)cc1. The van der Waals surface area contributed by atoms with E-state index in [0.29, 0.717) is 12.3 Å². The Morgan fingerprint density at radius 2 is 1.75 bits per heavy atom. The maximum atomic E-state index is 12.6. The first-order valence-corrected chi connectivity index (χ1v) is 9.40. The van der Waals surface area contributed by atoms with Crippen molar-refractivity contribution in [3.63, 3.8) is 0 Å². The van der Waals surface area contributed by atoms with Crippen LogP contribution in [0, 0.1) is 20.8 Å². The highest BCUT2D eigenvalue weighted by molar-refractivity contribution is 5.93. The number of likely N-dealkylation sites (N-methyl/N-ethyl adjacent to an activating group) is 1. The van der Waals surface area contributed by atoms with Gasteiger partial charge in [-0.05, 0) is 57.6 Å². The largest absolute Gasteiger partial charge is 0.355 e. The maximum Gasteiger partial charge on any atom is 0.273 e. The Labute approximate surface area is 166 Å². The van der Waals surface area contributed by atoms with E-state index in [1.807, 2.05) is 32.3 Å². The summed E-state index contributed by atoms with van der Waals surface area (Å²) in [6.07, 6.45) is 0. The van der Waals surface area contributed by atoms with Crippen molar-refractivity contribution in [2.45, 2.75) is 26.8 Å². The summed E-state index contributed by atoms with van der Waals surface area (Å²) in [5, 5.41) is 6.93. The molecule has 0 bridgehead atoms. The number of hydrogen-bond acceptors (Lipinski definition) is 4. The molecule has 2 aromatic carbocycles. The minimum atomic E-state index is -0.238. The van der Waals surface area contributed by atoms with Crippen LogP contribution in [0.15, 0.2) is 53.1 Å². The monoisotopic (exact) mass is 377 g/mol. The van der Waals surface area contributed by atoms with E-state index >= 15 is 0 Å². The first-order valence-electron chi connectivity index (χ1n) is 9.40. The molecule has 1 atom stereocenters. The number of benzene rings is 2. The van der Waals surface area contributed by atoms with Gasteiger partial charge in [0.15, 0.2) is 11.5 Å². The molecule has 0 aliphatic heterocycles. The first-order chi connectivity index (χ1) is 13.3. The highest BCUT2D eigenvalue weighted by Crippen LogP contribution is 2.23. The Morgan fingerprint density at radius 1 is 1.04 bits per heavy atom. The summed E-state index contributed by atoms with van der Waals surface area (Å²) in [5.41, 5.74) is 5.97. The van der Waals surface area contributed by atoms with Gasteiger partial charge >= 0.3 is 0 Å². The van der Waals surface area contributed by atoms with E-state index in [2.05, 4.69) is 60.4 Å². The van der Waals surface area contributed by atoms with E-state index in [-0.39, 0.29) is 17.6 Å². The fourth-order valence-electron chi connectivity index (χ4n) is 3.08. The van der Waals surface area contributed by atoms with Crippen LogP contribution in [0.1, 0.15) is 38.8 Å². The van der Waals surface area contributed by atoms with Gasteiger partial charge in [0.25, 0.3) is 5.91 Å². The van der Waals surface area contributed by atoms with Crippen LogP contribution in [0.5, 0.6) is 0 Å². The second kappa shape index (κ2) is 8.40. The van der Waals surface area contributed by atoms with Gasteiger partial charge in [0.05, 0.1) is 6.04 Å². The standard InChI is InChI=1S/C23H27N3O2/c1-15-6-9-18(10-7-15)21(26(4)5)14-24-23(27)20-13-22(28-25-20)19-11-8-16(2)17(3)12-19/h6-13,21H,14H2,1-5H3,(H,24,27)/t21-/m0/s1. The van der Waals surface area contributed by atoms with Crippen molar-refractivity contribution < 1.29 is 9.32 Å². The molecule has 0 aliphatic rings. The van der Waals surface area contributed by atoms with Crippen molar-refractivity contribution in [2.75, 3.05) is 20.6 Å². The van der Waals surface area contributed by atoms with Gasteiger partial charge < -0.3 is 14.7 Å². The predicted molar refractivity (Wildman–Crippen MR) is 111 cm³/mol. The van der Waals surface area contributed by atoms with Gasteiger partial charge in [-0.15, -0.1) is 0 Å². The van der Waals surface area contributed by atoms with Gasteiger partial charge in [-0.25, -0.2) is 0 Å². The van der Waals surface area contributed by atoms with E-state index in [1.54, 1.807) is 6.07 Å². The van der Waals surface area contributed by atoms with Crippen LogP contribution in [0.3, 0.4) is 0 Å². The summed E-state index contributed by atoms with van der Waals surface area (Å²) < 4.78 is 5.40. The molecule has 0 saturated heterocycles. The Kier molecular flexibility index (Phi) is 5.95. The highest BCUT2D eigenvalue weighted by atomic mass is 16.5. The number of amides is 1. The number of rotatable bonds is 6. The third-order valence-electron chi connectivity index (χ3n) is 5.08. The van der Waals surface area contributed by atoms with Crippen molar-refractivity contribution in [1.29, 1.82) is 0 Å². The van der Waals surface area contributed by atoms with Crippen molar-refractivity contribution in [3.05, 3.63) is 76.5 Å². The van der Waals surface area contributed by atoms with Crippen LogP contribution in [-0.2, 0) is 0 Å². The molecular weight excluding hydrogens is 350 g/mol. The Morgan fingerprint density at radius 3 is 2.39 bits per heavy atom. The summed E-state index contributed by atoms with van der Waals surface area (Å²) >= 11 is 0. The van der Waals surface area contributed by atoms with E-state index in [9.17, 15) is 4.79 Å². The minimum Gasteiger partial charge on any atom is -0.355 e. The summed E-state index contributed by atoms with van der Waals surface area (Å²) in [5.74, 6) is 0.355. The Hall–Kier alpha value is -2.92. The third kappa shape index (κ3) is 4.49. The molecule has 5 heteroatoms.